The van der Waals surface area contributed by atoms with Crippen molar-refractivity contribution in [2.24, 2.45) is 0 Å². The molecule has 1 heterocycles. The van der Waals surface area contributed by atoms with Gasteiger partial charge in [0.2, 0.25) is 0 Å². The minimum atomic E-state index is -0.0696. The van der Waals surface area contributed by atoms with Crippen molar-refractivity contribution in [2.75, 3.05) is 0 Å². The third kappa shape index (κ3) is 2.24. The molecule has 0 aliphatic heterocycles. The topological polar surface area (TPSA) is 39.1 Å². The van der Waals surface area contributed by atoms with Crippen LogP contribution in [0.4, 0.5) is 0 Å². The van der Waals surface area contributed by atoms with Crippen LogP contribution in [-0.4, -0.2) is 10.4 Å². The number of ketones is 1. The Balaban J connectivity index is 2.83. The van der Waals surface area contributed by atoms with Crippen molar-refractivity contribution < 1.29 is 4.79 Å². The highest BCUT2D eigenvalue weighted by atomic mass is 35.5. The first-order valence-electron chi connectivity index (χ1n) is 5.28. The number of benzene rings is 1. The van der Waals surface area contributed by atoms with E-state index < -0.39 is 0 Å². The highest BCUT2D eigenvalue weighted by molar-refractivity contribution is 6.31. The van der Waals surface area contributed by atoms with E-state index in [9.17, 15) is 9.59 Å². The zero-order valence-electron chi connectivity index (χ0n) is 9.66. The van der Waals surface area contributed by atoms with Crippen LogP contribution in [0.5, 0.6) is 0 Å². The van der Waals surface area contributed by atoms with Gasteiger partial charge >= 0.3 is 0 Å². The summed E-state index contributed by atoms with van der Waals surface area (Å²) in [5.74, 6) is 0.0491. The molecule has 0 aliphatic carbocycles. The van der Waals surface area contributed by atoms with Crippen molar-refractivity contribution in [1.82, 2.24) is 4.57 Å². The Morgan fingerprint density at radius 1 is 1.35 bits per heavy atom. The summed E-state index contributed by atoms with van der Waals surface area (Å²) in [4.78, 5) is 23.1. The molecule has 0 saturated heterocycles. The Kier molecular flexibility index (Phi) is 3.03. The highest BCUT2D eigenvalue weighted by Gasteiger charge is 2.08. The summed E-state index contributed by atoms with van der Waals surface area (Å²) in [6, 6.07) is 6.66. The zero-order valence-corrected chi connectivity index (χ0v) is 10.4. The first kappa shape index (κ1) is 11.9. The van der Waals surface area contributed by atoms with Crippen LogP contribution in [0.1, 0.15) is 12.6 Å². The standard InChI is InChI=1S/C13H12ClNO2/c1-8-5-13(17)11-6-10(14)3-4-12(11)15(8)7-9(2)16/h3-6H,7H2,1-2H3. The number of halogens is 1. The van der Waals surface area contributed by atoms with Crippen molar-refractivity contribution in [3.05, 3.63) is 45.2 Å². The van der Waals surface area contributed by atoms with E-state index >= 15 is 0 Å². The molecule has 0 radical (unpaired) electrons. The van der Waals surface area contributed by atoms with Crippen LogP contribution < -0.4 is 5.43 Å². The van der Waals surface area contributed by atoms with Gasteiger partial charge in [-0.25, -0.2) is 0 Å². The Labute approximate surface area is 104 Å². The molecule has 0 N–H and O–H groups in total. The normalized spacial score (nSPS) is 10.8. The Bertz CT molecular complexity index is 658. The van der Waals surface area contributed by atoms with Gasteiger partial charge in [0, 0.05) is 22.2 Å². The van der Waals surface area contributed by atoms with Gasteiger partial charge in [-0.2, -0.15) is 0 Å². The molecule has 0 bridgehead atoms. The number of carbonyl (C=O) groups excluding carboxylic acids is 1. The summed E-state index contributed by atoms with van der Waals surface area (Å²) in [6.45, 7) is 3.61. The SMILES string of the molecule is CC(=O)Cn1c(C)cc(=O)c2cc(Cl)ccc21. The molecule has 2 aromatic rings. The second kappa shape index (κ2) is 4.34. The van der Waals surface area contributed by atoms with Crippen molar-refractivity contribution in [2.45, 2.75) is 20.4 Å². The monoisotopic (exact) mass is 249 g/mol. The predicted octanol–water partition coefficient (Wildman–Crippen LogP) is 2.55. The fourth-order valence-electron chi connectivity index (χ4n) is 1.91. The van der Waals surface area contributed by atoms with Gasteiger partial charge in [0.05, 0.1) is 12.1 Å². The van der Waals surface area contributed by atoms with Crippen molar-refractivity contribution >= 4 is 28.3 Å². The molecule has 2 rings (SSSR count). The van der Waals surface area contributed by atoms with Crippen molar-refractivity contribution in [3.8, 4) is 0 Å². The lowest BCUT2D eigenvalue weighted by atomic mass is 10.1. The second-order valence-corrected chi connectivity index (χ2v) is 4.54. The number of carbonyl (C=O) groups is 1. The van der Waals surface area contributed by atoms with Gasteiger partial charge in [0.25, 0.3) is 0 Å². The number of hydrogen-bond donors (Lipinski definition) is 0. The molecular weight excluding hydrogens is 238 g/mol. The number of pyridine rings is 1. The summed E-state index contributed by atoms with van der Waals surface area (Å²) < 4.78 is 1.83. The number of nitrogens with zero attached hydrogens (tertiary/aromatic N) is 1. The van der Waals surface area contributed by atoms with Gasteiger partial charge in [0.1, 0.15) is 5.78 Å². The summed E-state index contributed by atoms with van der Waals surface area (Å²) in [6.07, 6.45) is 0. The molecule has 1 aromatic carbocycles. The Morgan fingerprint density at radius 2 is 2.06 bits per heavy atom. The number of rotatable bonds is 2. The fourth-order valence-corrected chi connectivity index (χ4v) is 2.08. The number of hydrogen-bond acceptors (Lipinski definition) is 2. The van der Waals surface area contributed by atoms with Crippen LogP contribution in [0.15, 0.2) is 29.1 Å². The summed E-state index contributed by atoms with van der Waals surface area (Å²) in [5.41, 5.74) is 1.45. The van der Waals surface area contributed by atoms with Crippen LogP contribution in [0.3, 0.4) is 0 Å². The quantitative estimate of drug-likeness (QED) is 0.821. The average molecular weight is 250 g/mol. The largest absolute Gasteiger partial charge is 0.337 e. The van der Waals surface area contributed by atoms with Crippen molar-refractivity contribution in [3.63, 3.8) is 0 Å². The second-order valence-electron chi connectivity index (χ2n) is 4.10. The molecule has 3 nitrogen and oxygen atoms in total. The number of aromatic nitrogens is 1. The van der Waals surface area contributed by atoms with E-state index in [4.69, 9.17) is 11.6 Å². The average Bonchev–Trinajstić information content (AvgIpc) is 2.24. The first-order chi connectivity index (χ1) is 7.99. The van der Waals surface area contributed by atoms with E-state index in [2.05, 4.69) is 0 Å². The maximum absolute atomic E-state index is 11.8. The first-order valence-corrected chi connectivity index (χ1v) is 5.66. The number of fused-ring (bicyclic) bond motifs is 1. The lowest BCUT2D eigenvalue weighted by Crippen LogP contribution is -2.15. The molecule has 1 aromatic heterocycles. The van der Waals surface area contributed by atoms with Gasteiger partial charge in [-0.15, -0.1) is 0 Å². The smallest absolute Gasteiger partial charge is 0.189 e. The van der Waals surface area contributed by atoms with Crippen LogP contribution in [-0.2, 0) is 11.3 Å². The molecule has 0 fully saturated rings. The third-order valence-electron chi connectivity index (χ3n) is 2.66. The van der Waals surface area contributed by atoms with Gasteiger partial charge in [-0.3, -0.25) is 9.59 Å². The predicted molar refractivity (Wildman–Crippen MR) is 68.6 cm³/mol. The van der Waals surface area contributed by atoms with Crippen LogP contribution in [0.2, 0.25) is 5.02 Å². The third-order valence-corrected chi connectivity index (χ3v) is 2.90. The van der Waals surface area contributed by atoms with E-state index in [-0.39, 0.29) is 17.8 Å². The molecule has 4 heteroatoms. The summed E-state index contributed by atoms with van der Waals surface area (Å²) in [7, 11) is 0. The maximum atomic E-state index is 11.8. The van der Waals surface area contributed by atoms with Gasteiger partial charge < -0.3 is 4.57 Å². The Morgan fingerprint density at radius 3 is 2.71 bits per heavy atom. The van der Waals surface area contributed by atoms with Gasteiger partial charge in [0.15, 0.2) is 5.43 Å². The van der Waals surface area contributed by atoms with Crippen LogP contribution in [0, 0.1) is 6.92 Å². The molecular formula is C13H12ClNO2. The van der Waals surface area contributed by atoms with Gasteiger partial charge in [-0.1, -0.05) is 11.6 Å². The molecule has 0 unspecified atom stereocenters. The number of aryl methyl sites for hydroxylation is 1. The van der Waals surface area contributed by atoms with E-state index in [1.807, 2.05) is 11.5 Å². The molecule has 0 spiro atoms. The van der Waals surface area contributed by atoms with Crippen LogP contribution in [0.25, 0.3) is 10.9 Å². The minimum Gasteiger partial charge on any atom is -0.337 e. The highest BCUT2D eigenvalue weighted by Crippen LogP contribution is 2.18. The van der Waals surface area contributed by atoms with Crippen LogP contribution >= 0.6 is 11.6 Å². The molecule has 0 amide bonds. The van der Waals surface area contributed by atoms with E-state index in [1.54, 1.807) is 18.2 Å². The van der Waals surface area contributed by atoms with Gasteiger partial charge in [-0.05, 0) is 32.0 Å². The summed E-state index contributed by atoms with van der Waals surface area (Å²) in [5, 5.41) is 1.07. The Hall–Kier alpha value is -1.61. The van der Waals surface area contributed by atoms with E-state index in [0.717, 1.165) is 11.2 Å². The zero-order chi connectivity index (χ0) is 12.6. The molecule has 88 valence electrons. The molecule has 0 aliphatic rings. The minimum absolute atomic E-state index is 0.0491. The maximum Gasteiger partial charge on any atom is 0.189 e. The molecule has 0 saturated carbocycles. The van der Waals surface area contributed by atoms with Crippen molar-refractivity contribution in [1.29, 1.82) is 0 Å². The number of Topliss-reactive ketones (excluding diaryl/α,β-unsaturated/α-hetero) is 1. The fraction of sp³-hybridized carbons (Fsp3) is 0.231. The van der Waals surface area contributed by atoms with E-state index in [0.29, 0.717) is 10.4 Å². The van der Waals surface area contributed by atoms with E-state index in [1.165, 1.54) is 13.0 Å². The molecule has 0 atom stereocenters. The lowest BCUT2D eigenvalue weighted by molar-refractivity contribution is -0.117. The molecule has 17 heavy (non-hydrogen) atoms. The lowest BCUT2D eigenvalue weighted by Gasteiger charge is -2.12. The summed E-state index contributed by atoms with van der Waals surface area (Å²) >= 11 is 5.87.